The Kier molecular flexibility index (Phi) is 7.84. The van der Waals surface area contributed by atoms with Crippen LogP contribution in [0.3, 0.4) is 0 Å². The Labute approximate surface area is 250 Å². The molecule has 2 aliphatic rings. The molecular weight excluding hydrogens is 540 g/mol. The minimum Gasteiger partial charge on any atom is -0.478 e. The maximum absolute atomic E-state index is 13.7. The second kappa shape index (κ2) is 11.9. The van der Waals surface area contributed by atoms with Crippen molar-refractivity contribution in [2.24, 2.45) is 7.05 Å². The number of nitrogens with zero attached hydrogens (tertiary/aromatic N) is 2. The Morgan fingerprint density at radius 2 is 1.65 bits per heavy atom. The molecule has 6 rings (SSSR count). The first kappa shape index (κ1) is 28.4. The lowest BCUT2D eigenvalue weighted by molar-refractivity contribution is -0.131. The van der Waals surface area contributed by atoms with Gasteiger partial charge >= 0.3 is 5.97 Å². The molecule has 2 aliphatic carbocycles. The van der Waals surface area contributed by atoms with Crippen LogP contribution in [0.25, 0.3) is 28.2 Å². The fourth-order valence-electron chi connectivity index (χ4n) is 6.87. The number of fused-ring (bicyclic) bond motifs is 1. The number of aryl methyl sites for hydroxylation is 1. The Balaban J connectivity index is 1.27. The number of carboxylic acids is 1. The molecule has 4 aromatic rings. The third kappa shape index (κ3) is 5.69. The van der Waals surface area contributed by atoms with E-state index in [0.29, 0.717) is 35.6 Å². The summed E-state index contributed by atoms with van der Waals surface area (Å²) in [6.45, 7) is 0. The van der Waals surface area contributed by atoms with Crippen LogP contribution in [0.4, 0.5) is 5.69 Å². The maximum Gasteiger partial charge on any atom is 0.328 e. The summed E-state index contributed by atoms with van der Waals surface area (Å²) in [6.07, 6.45) is 13.8. The first-order valence-electron chi connectivity index (χ1n) is 15.0. The SMILES string of the molecule is Cn1c(-c2ccncc2)c(C2CCCC2)c2ccc(C(=O)NC3(C(=O)Nc4ccc(/C=C/C(=O)O)cc4)CCCC3)cc21. The van der Waals surface area contributed by atoms with Crippen molar-refractivity contribution in [3.8, 4) is 11.3 Å². The number of benzene rings is 2. The van der Waals surface area contributed by atoms with Crippen molar-refractivity contribution < 1.29 is 19.5 Å². The molecule has 0 spiro atoms. The van der Waals surface area contributed by atoms with Crippen LogP contribution in [0.1, 0.15) is 78.8 Å². The summed E-state index contributed by atoms with van der Waals surface area (Å²) in [5, 5.41) is 16.1. The zero-order valence-electron chi connectivity index (χ0n) is 24.3. The molecule has 0 saturated heterocycles. The van der Waals surface area contributed by atoms with Crippen LogP contribution in [-0.4, -0.2) is 38.0 Å². The Morgan fingerprint density at radius 1 is 0.953 bits per heavy atom. The van der Waals surface area contributed by atoms with Crippen LogP contribution in [0.15, 0.2) is 73.1 Å². The summed E-state index contributed by atoms with van der Waals surface area (Å²) in [5.41, 5.74) is 5.48. The monoisotopic (exact) mass is 576 g/mol. The van der Waals surface area contributed by atoms with Gasteiger partial charge in [-0.3, -0.25) is 14.6 Å². The predicted molar refractivity (Wildman–Crippen MR) is 168 cm³/mol. The van der Waals surface area contributed by atoms with E-state index >= 15 is 0 Å². The van der Waals surface area contributed by atoms with E-state index < -0.39 is 11.5 Å². The average Bonchev–Trinajstić information content (AvgIpc) is 3.78. The van der Waals surface area contributed by atoms with Crippen LogP contribution < -0.4 is 10.6 Å². The number of hydrogen-bond donors (Lipinski definition) is 3. The van der Waals surface area contributed by atoms with Crippen molar-refractivity contribution in [3.05, 3.63) is 89.8 Å². The number of pyridine rings is 1. The van der Waals surface area contributed by atoms with E-state index in [1.54, 1.807) is 24.3 Å². The number of rotatable bonds is 8. The lowest BCUT2D eigenvalue weighted by Crippen LogP contribution is -2.55. The first-order chi connectivity index (χ1) is 20.8. The number of nitrogens with one attached hydrogen (secondary N) is 2. The van der Waals surface area contributed by atoms with E-state index in [1.807, 2.05) is 36.7 Å². The molecule has 3 N–H and O–H groups in total. The van der Waals surface area contributed by atoms with Crippen molar-refractivity contribution >= 4 is 40.4 Å². The molecule has 2 aromatic carbocycles. The normalized spacial score (nSPS) is 16.6. The van der Waals surface area contributed by atoms with E-state index in [1.165, 1.54) is 48.4 Å². The lowest BCUT2D eigenvalue weighted by atomic mass is 9.92. The standard InChI is InChI=1S/C35H36N4O4/c1-39-29-22-26(11-14-28(29)31(24-6-2-3-7-24)32(39)25-16-20-36-21-17-25)33(42)38-35(18-4-5-19-35)34(43)37-27-12-8-23(9-13-27)10-15-30(40)41/h8-17,20-22,24H,2-7,18-19H2,1H3,(H,37,43)(H,38,42)(H,40,41)/b15-10+. The second-order valence-corrected chi connectivity index (χ2v) is 11.8. The Hall–Kier alpha value is -4.72. The maximum atomic E-state index is 13.7. The van der Waals surface area contributed by atoms with Crippen molar-refractivity contribution in [2.75, 3.05) is 5.32 Å². The van der Waals surface area contributed by atoms with Gasteiger partial charge in [0.2, 0.25) is 5.91 Å². The fraction of sp³-hybridized carbons (Fsp3) is 0.314. The summed E-state index contributed by atoms with van der Waals surface area (Å²) in [6, 6.07) is 16.9. The quantitative estimate of drug-likeness (QED) is 0.203. The molecular formula is C35H36N4O4. The molecule has 8 nitrogen and oxygen atoms in total. The number of hydrogen-bond acceptors (Lipinski definition) is 4. The molecule has 0 aliphatic heterocycles. The minimum atomic E-state index is -1.02. The minimum absolute atomic E-state index is 0.240. The van der Waals surface area contributed by atoms with Crippen LogP contribution in [0.5, 0.6) is 0 Å². The molecule has 220 valence electrons. The van der Waals surface area contributed by atoms with Gasteiger partial charge in [0.05, 0.1) is 5.69 Å². The van der Waals surface area contributed by atoms with Crippen molar-refractivity contribution in [1.29, 1.82) is 0 Å². The lowest BCUT2D eigenvalue weighted by Gasteiger charge is -2.29. The van der Waals surface area contributed by atoms with Crippen LogP contribution in [-0.2, 0) is 16.6 Å². The Bertz CT molecular complexity index is 1690. The smallest absolute Gasteiger partial charge is 0.328 e. The number of carbonyl (C=O) groups is 3. The molecule has 8 heteroatoms. The topological polar surface area (TPSA) is 113 Å². The van der Waals surface area contributed by atoms with E-state index in [9.17, 15) is 14.4 Å². The molecule has 2 fully saturated rings. The molecule has 2 aromatic heterocycles. The van der Waals surface area contributed by atoms with Crippen molar-refractivity contribution in [2.45, 2.75) is 62.8 Å². The number of anilines is 1. The third-order valence-electron chi connectivity index (χ3n) is 9.05. The highest BCUT2D eigenvalue weighted by molar-refractivity contribution is 6.06. The van der Waals surface area contributed by atoms with Gasteiger partial charge in [-0.15, -0.1) is 0 Å². The molecule has 43 heavy (non-hydrogen) atoms. The fourth-order valence-corrected chi connectivity index (χ4v) is 6.87. The third-order valence-corrected chi connectivity index (χ3v) is 9.05. The van der Waals surface area contributed by atoms with Gasteiger partial charge in [-0.05, 0) is 85.2 Å². The van der Waals surface area contributed by atoms with Gasteiger partial charge in [0.15, 0.2) is 0 Å². The van der Waals surface area contributed by atoms with E-state index in [-0.39, 0.29) is 11.8 Å². The first-order valence-corrected chi connectivity index (χ1v) is 15.0. The van der Waals surface area contributed by atoms with Gasteiger partial charge in [0, 0.05) is 53.2 Å². The number of aromatic nitrogens is 2. The molecule has 2 saturated carbocycles. The van der Waals surface area contributed by atoms with Gasteiger partial charge in [-0.1, -0.05) is 43.9 Å². The molecule has 0 unspecified atom stereocenters. The number of carboxylic acid groups (broad SMARTS) is 1. The number of carbonyl (C=O) groups excluding carboxylic acids is 2. The zero-order valence-corrected chi connectivity index (χ0v) is 24.3. The Morgan fingerprint density at radius 3 is 2.33 bits per heavy atom. The summed E-state index contributed by atoms with van der Waals surface area (Å²) < 4.78 is 2.20. The van der Waals surface area contributed by atoms with Gasteiger partial charge in [-0.25, -0.2) is 4.79 Å². The van der Waals surface area contributed by atoms with E-state index in [2.05, 4.69) is 33.3 Å². The summed E-state index contributed by atoms with van der Waals surface area (Å²) in [5.74, 6) is -1.04. The second-order valence-electron chi connectivity index (χ2n) is 11.8. The highest BCUT2D eigenvalue weighted by Crippen LogP contribution is 2.44. The summed E-state index contributed by atoms with van der Waals surface area (Å²) in [4.78, 5) is 42.3. The van der Waals surface area contributed by atoms with Crippen LogP contribution in [0.2, 0.25) is 0 Å². The zero-order chi connectivity index (χ0) is 30.0. The predicted octanol–water partition coefficient (Wildman–Crippen LogP) is 6.68. The average molecular weight is 577 g/mol. The number of aliphatic carboxylic acids is 1. The van der Waals surface area contributed by atoms with Gasteiger partial charge in [0.1, 0.15) is 5.54 Å². The summed E-state index contributed by atoms with van der Waals surface area (Å²) in [7, 11) is 2.06. The van der Waals surface area contributed by atoms with Crippen LogP contribution in [0, 0.1) is 0 Å². The molecule has 2 heterocycles. The van der Waals surface area contributed by atoms with Crippen molar-refractivity contribution in [3.63, 3.8) is 0 Å². The molecule has 0 bridgehead atoms. The van der Waals surface area contributed by atoms with E-state index in [4.69, 9.17) is 5.11 Å². The summed E-state index contributed by atoms with van der Waals surface area (Å²) >= 11 is 0. The molecule has 0 radical (unpaired) electrons. The number of amides is 2. The van der Waals surface area contributed by atoms with Crippen LogP contribution >= 0.6 is 0 Å². The van der Waals surface area contributed by atoms with Gasteiger partial charge in [0.25, 0.3) is 5.91 Å². The van der Waals surface area contributed by atoms with Gasteiger partial charge in [-0.2, -0.15) is 0 Å². The van der Waals surface area contributed by atoms with E-state index in [0.717, 1.165) is 30.0 Å². The van der Waals surface area contributed by atoms with Crippen molar-refractivity contribution in [1.82, 2.24) is 14.9 Å². The largest absolute Gasteiger partial charge is 0.478 e. The van der Waals surface area contributed by atoms with Gasteiger partial charge < -0.3 is 20.3 Å². The molecule has 0 atom stereocenters. The molecule has 2 amide bonds. The highest BCUT2D eigenvalue weighted by atomic mass is 16.4. The highest BCUT2D eigenvalue weighted by Gasteiger charge is 2.42.